The van der Waals surface area contributed by atoms with Crippen LogP contribution in [-0.4, -0.2) is 69.6 Å². The second-order valence-electron chi connectivity index (χ2n) is 14.9. The van der Waals surface area contributed by atoms with Gasteiger partial charge in [0.05, 0.1) is 6.42 Å². The summed E-state index contributed by atoms with van der Waals surface area (Å²) in [7, 11) is 0. The van der Waals surface area contributed by atoms with E-state index in [4.69, 9.17) is 15.2 Å². The van der Waals surface area contributed by atoms with Crippen molar-refractivity contribution in [3.05, 3.63) is 65.2 Å². The van der Waals surface area contributed by atoms with Gasteiger partial charge in [-0.05, 0) is 83.7 Å². The van der Waals surface area contributed by atoms with Crippen LogP contribution in [-0.2, 0) is 35.1 Å². The van der Waals surface area contributed by atoms with E-state index >= 15 is 0 Å². The van der Waals surface area contributed by atoms with Crippen LogP contribution in [0.5, 0.6) is 5.75 Å². The number of ether oxygens (including phenoxy) is 2. The van der Waals surface area contributed by atoms with E-state index in [0.29, 0.717) is 17.5 Å². The Morgan fingerprint density at radius 1 is 0.824 bits per heavy atom. The van der Waals surface area contributed by atoms with Crippen molar-refractivity contribution in [1.29, 1.82) is 0 Å². The molecule has 2 aromatic rings. The average Bonchev–Trinajstić information content (AvgIpc) is 3.01. The van der Waals surface area contributed by atoms with Gasteiger partial charge in [-0.1, -0.05) is 75.4 Å². The summed E-state index contributed by atoms with van der Waals surface area (Å²) < 4.78 is 11.1. The summed E-state index contributed by atoms with van der Waals surface area (Å²) in [6, 6.07) is 9.74. The molecule has 2 aromatic carbocycles. The number of nitrogens with zero attached hydrogens (tertiary/aromatic N) is 1. The molecule has 12 heteroatoms. The quantitative estimate of drug-likeness (QED) is 0.111. The maximum absolute atomic E-state index is 14.6. The van der Waals surface area contributed by atoms with Gasteiger partial charge in [0.2, 0.25) is 17.7 Å². The van der Waals surface area contributed by atoms with Crippen LogP contribution in [0.1, 0.15) is 116 Å². The molecule has 12 nitrogen and oxygen atoms in total. The van der Waals surface area contributed by atoms with Crippen LogP contribution in [0.2, 0.25) is 0 Å². The number of carbonyl (C=O) groups is 5. The molecule has 51 heavy (non-hydrogen) atoms. The monoisotopic (exact) mass is 710 g/mol. The summed E-state index contributed by atoms with van der Waals surface area (Å²) in [5.41, 5.74) is 5.37. The number of esters is 1. The first-order chi connectivity index (χ1) is 23.8. The van der Waals surface area contributed by atoms with E-state index in [1.54, 1.807) is 54.5 Å². The molecule has 0 aliphatic carbocycles. The van der Waals surface area contributed by atoms with Gasteiger partial charge in [-0.3, -0.25) is 14.4 Å². The molecule has 2 rings (SSSR count). The molecule has 3 unspecified atom stereocenters. The molecule has 0 bridgehead atoms. The Labute approximate surface area is 302 Å². The van der Waals surface area contributed by atoms with Crippen molar-refractivity contribution >= 4 is 29.8 Å². The number of rotatable bonds is 18. The van der Waals surface area contributed by atoms with E-state index < -0.39 is 65.5 Å². The second kappa shape index (κ2) is 19.7. The molecule has 0 radical (unpaired) electrons. The number of hydrogen-bond donors (Lipinski definition) is 4. The van der Waals surface area contributed by atoms with Crippen LogP contribution in [0.25, 0.3) is 0 Å². The minimum atomic E-state index is -1.46. The van der Waals surface area contributed by atoms with Gasteiger partial charge in [-0.25, -0.2) is 9.59 Å². The highest BCUT2D eigenvalue weighted by Crippen LogP contribution is 2.28. The molecule has 0 saturated carbocycles. The highest BCUT2D eigenvalue weighted by Gasteiger charge is 2.39. The lowest BCUT2D eigenvalue weighted by atomic mass is 9.98. The summed E-state index contributed by atoms with van der Waals surface area (Å²) in [6.07, 6.45) is 3.91. The average molecular weight is 711 g/mol. The Bertz CT molecular complexity index is 1470. The van der Waals surface area contributed by atoms with Crippen LogP contribution in [0.4, 0.5) is 4.79 Å². The third kappa shape index (κ3) is 15.4. The number of primary amides is 1. The van der Waals surface area contributed by atoms with Crippen molar-refractivity contribution in [3.8, 4) is 5.75 Å². The number of carbonyl (C=O) groups excluding carboxylic acids is 5. The first-order valence-electron chi connectivity index (χ1n) is 17.8. The molecule has 5 N–H and O–H groups in total. The zero-order valence-electron chi connectivity index (χ0n) is 31.5. The Morgan fingerprint density at radius 3 is 2.00 bits per heavy atom. The summed E-state index contributed by atoms with van der Waals surface area (Å²) in [4.78, 5) is 69.1. The Kier molecular flexibility index (Phi) is 16.4. The van der Waals surface area contributed by atoms with E-state index in [2.05, 4.69) is 17.6 Å². The molecule has 282 valence electrons. The predicted molar refractivity (Wildman–Crippen MR) is 196 cm³/mol. The van der Waals surface area contributed by atoms with Crippen molar-refractivity contribution in [2.75, 3.05) is 6.54 Å². The van der Waals surface area contributed by atoms with Gasteiger partial charge in [0, 0.05) is 13.0 Å². The first kappa shape index (κ1) is 42.6. The number of alkyl carbamates (subject to hydrolysis) is 1. The standard InChI is InChI=1S/C39H58N4O8/c1-9-10-11-12-13-17-22-43(35(47)29(25-32(40)45)42-37(49)51-39(6,7)8)33(28-20-21-31(44)26(2)23-28)34(46)41-30(36(48)50-38(3,4)5)24-27-18-15-14-16-19-27/h14-16,18-21,23,29-30,33,44H,9-13,17,22,24-25H2,1-8H3,(H2,40,45)(H,41,46)(H,42,49). The SMILES string of the molecule is CCCCCCCCN(C(=O)C(CC(N)=O)NC(=O)OC(C)(C)C)C(C(=O)NC(Cc1ccccc1)C(=O)OC(C)(C)C)c1ccc(O)c(C)c1. The molecule has 0 aliphatic rings. The maximum atomic E-state index is 14.6. The van der Waals surface area contributed by atoms with Gasteiger partial charge in [0.25, 0.3) is 0 Å². The topological polar surface area (TPSA) is 177 Å². The molecule has 4 amide bonds. The van der Waals surface area contributed by atoms with Crippen molar-refractivity contribution in [1.82, 2.24) is 15.5 Å². The van der Waals surface area contributed by atoms with Crippen LogP contribution in [0.15, 0.2) is 48.5 Å². The second-order valence-corrected chi connectivity index (χ2v) is 14.9. The molecule has 0 fully saturated rings. The Balaban J connectivity index is 2.67. The first-order valence-corrected chi connectivity index (χ1v) is 17.8. The lowest BCUT2D eigenvalue weighted by molar-refractivity contribution is -0.159. The van der Waals surface area contributed by atoms with E-state index in [9.17, 15) is 29.1 Å². The molecule has 0 saturated heterocycles. The molecule has 0 heterocycles. The molecular weight excluding hydrogens is 652 g/mol. The predicted octanol–water partition coefficient (Wildman–Crippen LogP) is 5.77. The summed E-state index contributed by atoms with van der Waals surface area (Å²) in [5.74, 6) is -2.96. The third-order valence-corrected chi connectivity index (χ3v) is 7.82. The van der Waals surface area contributed by atoms with Crippen LogP contribution < -0.4 is 16.4 Å². The molecule has 3 atom stereocenters. The minimum Gasteiger partial charge on any atom is -0.508 e. The minimum absolute atomic E-state index is 0.0133. The number of nitrogens with two attached hydrogens (primary N) is 1. The number of phenolic OH excluding ortho intramolecular Hbond substituents is 1. The number of phenols is 1. The van der Waals surface area contributed by atoms with Gasteiger partial charge < -0.3 is 35.8 Å². The highest BCUT2D eigenvalue weighted by molar-refractivity contribution is 5.95. The van der Waals surface area contributed by atoms with Gasteiger partial charge in [0.15, 0.2) is 0 Å². The van der Waals surface area contributed by atoms with Crippen molar-refractivity contribution in [3.63, 3.8) is 0 Å². The molecule has 0 aromatic heterocycles. The Hall–Kier alpha value is -4.61. The van der Waals surface area contributed by atoms with E-state index in [0.717, 1.165) is 37.7 Å². The number of aromatic hydroxyl groups is 1. The summed E-state index contributed by atoms with van der Waals surface area (Å²) in [5, 5.41) is 15.7. The number of amides is 4. The number of hydrogen-bond acceptors (Lipinski definition) is 8. The van der Waals surface area contributed by atoms with Crippen LogP contribution in [0.3, 0.4) is 0 Å². The van der Waals surface area contributed by atoms with E-state index in [1.807, 2.05) is 30.3 Å². The zero-order chi connectivity index (χ0) is 38.4. The van der Waals surface area contributed by atoms with Gasteiger partial charge in [-0.15, -0.1) is 0 Å². The van der Waals surface area contributed by atoms with Gasteiger partial charge in [-0.2, -0.15) is 0 Å². The van der Waals surface area contributed by atoms with Gasteiger partial charge >= 0.3 is 12.1 Å². The summed E-state index contributed by atoms with van der Waals surface area (Å²) >= 11 is 0. The fourth-order valence-electron chi connectivity index (χ4n) is 5.47. The smallest absolute Gasteiger partial charge is 0.408 e. The molecule has 0 aliphatic heterocycles. The fourth-order valence-corrected chi connectivity index (χ4v) is 5.47. The Morgan fingerprint density at radius 2 is 1.43 bits per heavy atom. The number of benzene rings is 2. The largest absolute Gasteiger partial charge is 0.508 e. The van der Waals surface area contributed by atoms with Crippen molar-refractivity contribution in [2.45, 2.75) is 136 Å². The lowest BCUT2D eigenvalue weighted by Gasteiger charge is -2.35. The van der Waals surface area contributed by atoms with Crippen molar-refractivity contribution < 1.29 is 38.6 Å². The zero-order valence-corrected chi connectivity index (χ0v) is 31.5. The third-order valence-electron chi connectivity index (χ3n) is 7.82. The fraction of sp³-hybridized carbons (Fsp3) is 0.564. The number of aryl methyl sites for hydroxylation is 1. The number of unbranched alkanes of at least 4 members (excludes halogenated alkanes) is 5. The van der Waals surface area contributed by atoms with E-state index in [1.165, 1.54) is 17.0 Å². The molecular formula is C39H58N4O8. The number of nitrogens with one attached hydrogen (secondary N) is 2. The van der Waals surface area contributed by atoms with Gasteiger partial charge in [0.1, 0.15) is 35.1 Å². The summed E-state index contributed by atoms with van der Waals surface area (Å²) in [6.45, 7) is 14.0. The lowest BCUT2D eigenvalue weighted by Crippen LogP contribution is -2.55. The highest BCUT2D eigenvalue weighted by atomic mass is 16.6. The van der Waals surface area contributed by atoms with Crippen LogP contribution >= 0.6 is 0 Å². The normalized spacial score (nSPS) is 13.3. The maximum Gasteiger partial charge on any atom is 0.408 e. The van der Waals surface area contributed by atoms with Crippen LogP contribution in [0, 0.1) is 6.92 Å². The van der Waals surface area contributed by atoms with E-state index in [-0.39, 0.29) is 18.7 Å². The van der Waals surface area contributed by atoms with Crippen molar-refractivity contribution in [2.24, 2.45) is 5.73 Å². The molecule has 0 spiro atoms.